The number of rotatable bonds is 4. The van der Waals surface area contributed by atoms with E-state index in [9.17, 15) is 9.59 Å². The molecule has 0 saturated carbocycles. The molecular formula is C14H18N2O3. The number of nitrogens with one attached hydrogen (secondary N) is 1. The fourth-order valence-electron chi connectivity index (χ4n) is 1.43. The fraction of sp³-hybridized carbons (Fsp3) is 0.286. The van der Waals surface area contributed by atoms with Crippen molar-refractivity contribution in [2.45, 2.75) is 19.4 Å². The van der Waals surface area contributed by atoms with Gasteiger partial charge < -0.3 is 15.8 Å². The van der Waals surface area contributed by atoms with Gasteiger partial charge >= 0.3 is 5.97 Å². The topological polar surface area (TPSA) is 81.4 Å². The molecule has 0 atom stereocenters. The number of hydrogen-bond acceptors (Lipinski definition) is 4. The molecular weight excluding hydrogens is 244 g/mol. The summed E-state index contributed by atoms with van der Waals surface area (Å²) in [6, 6.07) is 7.08. The van der Waals surface area contributed by atoms with Gasteiger partial charge in [0.1, 0.15) is 5.54 Å². The lowest BCUT2D eigenvalue weighted by Gasteiger charge is -2.22. The molecule has 0 aliphatic rings. The Bertz CT molecular complexity index is 490. The number of ether oxygens (including phenoxy) is 1. The molecule has 1 aromatic rings. The molecule has 5 nitrogen and oxygen atoms in total. The first-order chi connectivity index (χ1) is 8.85. The Labute approximate surface area is 112 Å². The van der Waals surface area contributed by atoms with Crippen LogP contribution < -0.4 is 11.1 Å². The third kappa shape index (κ3) is 4.46. The zero-order chi connectivity index (χ0) is 14.5. The van der Waals surface area contributed by atoms with Gasteiger partial charge in [0.2, 0.25) is 5.91 Å². The number of amides is 1. The Morgan fingerprint density at radius 2 is 1.84 bits per heavy atom. The van der Waals surface area contributed by atoms with Gasteiger partial charge in [-0.1, -0.05) is 12.1 Å². The number of carbonyl (C=O) groups is 2. The lowest BCUT2D eigenvalue weighted by atomic mass is 10.1. The molecule has 3 N–H and O–H groups in total. The monoisotopic (exact) mass is 262 g/mol. The van der Waals surface area contributed by atoms with E-state index in [1.807, 2.05) is 0 Å². The predicted octanol–water partition coefficient (Wildman–Crippen LogP) is 1.35. The molecule has 0 aliphatic carbocycles. The summed E-state index contributed by atoms with van der Waals surface area (Å²) in [5, 5.41) is 2.56. The molecule has 0 aliphatic heterocycles. The minimum atomic E-state index is -1.06. The van der Waals surface area contributed by atoms with Gasteiger partial charge in [0, 0.05) is 11.8 Å². The highest BCUT2D eigenvalue weighted by Crippen LogP contribution is 2.08. The van der Waals surface area contributed by atoms with Gasteiger partial charge in [-0.15, -0.1) is 0 Å². The zero-order valence-corrected chi connectivity index (χ0v) is 11.3. The summed E-state index contributed by atoms with van der Waals surface area (Å²) in [6.45, 7) is 3.15. The summed E-state index contributed by atoms with van der Waals surface area (Å²) in [4.78, 5) is 23.1. The van der Waals surface area contributed by atoms with Crippen LogP contribution in [0.2, 0.25) is 0 Å². The summed E-state index contributed by atoms with van der Waals surface area (Å²) in [5.74, 6) is -0.867. The smallest absolute Gasteiger partial charge is 0.330 e. The van der Waals surface area contributed by atoms with E-state index in [0.717, 1.165) is 5.56 Å². The van der Waals surface area contributed by atoms with Crippen LogP contribution in [-0.4, -0.2) is 24.5 Å². The highest BCUT2D eigenvalue weighted by Gasteiger charge is 2.29. The molecule has 5 heteroatoms. The van der Waals surface area contributed by atoms with Crippen LogP contribution in [0, 0.1) is 0 Å². The molecule has 0 heterocycles. The summed E-state index contributed by atoms with van der Waals surface area (Å²) in [7, 11) is 1.28. The second kappa shape index (κ2) is 6.04. The van der Waals surface area contributed by atoms with Gasteiger partial charge in [-0.3, -0.25) is 4.79 Å². The number of carbonyl (C=O) groups excluding carboxylic acids is 2. The number of nitrogen functional groups attached to an aromatic ring is 1. The molecule has 0 unspecified atom stereocenters. The number of nitrogens with two attached hydrogens (primary N) is 1. The van der Waals surface area contributed by atoms with Crippen LogP contribution in [0.4, 0.5) is 5.69 Å². The van der Waals surface area contributed by atoms with Gasteiger partial charge in [-0.25, -0.2) is 4.79 Å². The quantitative estimate of drug-likeness (QED) is 0.487. The minimum Gasteiger partial charge on any atom is -0.467 e. The van der Waals surface area contributed by atoms with Crippen LogP contribution in [0.5, 0.6) is 0 Å². The van der Waals surface area contributed by atoms with E-state index < -0.39 is 11.5 Å². The van der Waals surface area contributed by atoms with E-state index in [2.05, 4.69) is 10.1 Å². The molecule has 0 radical (unpaired) electrons. The van der Waals surface area contributed by atoms with E-state index in [4.69, 9.17) is 5.73 Å². The van der Waals surface area contributed by atoms with Crippen LogP contribution >= 0.6 is 0 Å². The largest absolute Gasteiger partial charge is 0.467 e. The maximum Gasteiger partial charge on any atom is 0.330 e. The molecule has 1 amide bonds. The first kappa shape index (κ1) is 14.8. The van der Waals surface area contributed by atoms with E-state index in [-0.39, 0.29) is 5.91 Å². The molecule has 0 fully saturated rings. The van der Waals surface area contributed by atoms with Crippen molar-refractivity contribution in [3.05, 3.63) is 35.9 Å². The highest BCUT2D eigenvalue weighted by atomic mass is 16.5. The first-order valence-corrected chi connectivity index (χ1v) is 5.79. The van der Waals surface area contributed by atoms with Crippen molar-refractivity contribution in [2.24, 2.45) is 0 Å². The summed E-state index contributed by atoms with van der Waals surface area (Å²) in [6.07, 6.45) is 3.00. The van der Waals surface area contributed by atoms with Crippen LogP contribution in [0.15, 0.2) is 30.3 Å². The van der Waals surface area contributed by atoms with Gasteiger partial charge in [0.15, 0.2) is 0 Å². The average molecular weight is 262 g/mol. The molecule has 0 bridgehead atoms. The average Bonchev–Trinajstić information content (AvgIpc) is 2.36. The van der Waals surface area contributed by atoms with E-state index >= 15 is 0 Å². The van der Waals surface area contributed by atoms with Crippen LogP contribution in [0.3, 0.4) is 0 Å². The highest BCUT2D eigenvalue weighted by molar-refractivity contribution is 5.95. The molecule has 19 heavy (non-hydrogen) atoms. The molecule has 1 rings (SSSR count). The van der Waals surface area contributed by atoms with Gasteiger partial charge in [0.05, 0.1) is 7.11 Å². The third-order valence-corrected chi connectivity index (χ3v) is 2.50. The van der Waals surface area contributed by atoms with Crippen molar-refractivity contribution >= 4 is 23.6 Å². The van der Waals surface area contributed by atoms with Gasteiger partial charge in [-0.2, -0.15) is 0 Å². The lowest BCUT2D eigenvalue weighted by molar-refractivity contribution is -0.148. The number of anilines is 1. The second-order valence-electron chi connectivity index (χ2n) is 4.61. The predicted molar refractivity (Wildman–Crippen MR) is 74.1 cm³/mol. The molecule has 0 spiro atoms. The Morgan fingerprint density at radius 3 is 2.37 bits per heavy atom. The van der Waals surface area contributed by atoms with Crippen LogP contribution in [0.1, 0.15) is 19.4 Å². The lowest BCUT2D eigenvalue weighted by Crippen LogP contribution is -2.49. The third-order valence-electron chi connectivity index (χ3n) is 2.50. The van der Waals surface area contributed by atoms with Crippen LogP contribution in [-0.2, 0) is 14.3 Å². The number of methoxy groups -OCH3 is 1. The zero-order valence-electron chi connectivity index (χ0n) is 11.3. The summed E-state index contributed by atoms with van der Waals surface area (Å²) >= 11 is 0. The number of benzene rings is 1. The van der Waals surface area contributed by atoms with E-state index in [1.165, 1.54) is 13.2 Å². The minimum absolute atomic E-state index is 0.368. The maximum atomic E-state index is 11.7. The SMILES string of the molecule is COC(=O)C(C)(C)NC(=O)/C=C/c1ccc(N)cc1. The van der Waals surface area contributed by atoms with Gasteiger partial charge in [-0.05, 0) is 37.6 Å². The molecule has 102 valence electrons. The Kier molecular flexibility index (Phi) is 4.69. The fourth-order valence-corrected chi connectivity index (χ4v) is 1.43. The first-order valence-electron chi connectivity index (χ1n) is 5.79. The summed E-state index contributed by atoms with van der Waals surface area (Å²) < 4.78 is 4.60. The number of hydrogen-bond donors (Lipinski definition) is 2. The summed E-state index contributed by atoms with van der Waals surface area (Å²) in [5.41, 5.74) is 6.01. The Balaban J connectivity index is 2.65. The van der Waals surface area contributed by atoms with Crippen LogP contribution in [0.25, 0.3) is 6.08 Å². The van der Waals surface area contributed by atoms with Crippen molar-refractivity contribution in [1.82, 2.24) is 5.32 Å². The van der Waals surface area contributed by atoms with Crippen molar-refractivity contribution < 1.29 is 14.3 Å². The van der Waals surface area contributed by atoms with Gasteiger partial charge in [0.25, 0.3) is 0 Å². The Morgan fingerprint density at radius 1 is 1.26 bits per heavy atom. The second-order valence-corrected chi connectivity index (χ2v) is 4.61. The van der Waals surface area contributed by atoms with Crippen molar-refractivity contribution in [3.8, 4) is 0 Å². The number of esters is 1. The standard InChI is InChI=1S/C14H18N2O3/c1-14(2,13(18)19-3)16-12(17)9-6-10-4-7-11(15)8-5-10/h4-9H,15H2,1-3H3,(H,16,17)/b9-6+. The van der Waals surface area contributed by atoms with E-state index in [0.29, 0.717) is 5.69 Å². The Hall–Kier alpha value is -2.30. The molecule has 1 aromatic carbocycles. The molecule has 0 aromatic heterocycles. The van der Waals surface area contributed by atoms with Crippen molar-refractivity contribution in [1.29, 1.82) is 0 Å². The van der Waals surface area contributed by atoms with Crippen molar-refractivity contribution in [2.75, 3.05) is 12.8 Å². The molecule has 0 saturated heterocycles. The van der Waals surface area contributed by atoms with Crippen molar-refractivity contribution in [3.63, 3.8) is 0 Å². The van der Waals surface area contributed by atoms with E-state index in [1.54, 1.807) is 44.2 Å². The maximum absolute atomic E-state index is 11.7. The normalized spacial score (nSPS) is 11.3.